The maximum absolute atomic E-state index is 14.5. The first-order valence-electron chi connectivity index (χ1n) is 8.39. The van der Waals surface area contributed by atoms with E-state index >= 15 is 0 Å². The van der Waals surface area contributed by atoms with Crippen LogP contribution in [0.3, 0.4) is 0 Å². The molecule has 1 saturated heterocycles. The fraction of sp³-hybridized carbons (Fsp3) is 0.412. The number of aromatic nitrogens is 3. The molecule has 1 atom stereocenters. The van der Waals surface area contributed by atoms with Crippen LogP contribution < -0.4 is 5.32 Å². The van der Waals surface area contributed by atoms with E-state index in [1.165, 1.54) is 6.07 Å². The summed E-state index contributed by atoms with van der Waals surface area (Å²) in [6.07, 6.45) is 5.96. The van der Waals surface area contributed by atoms with Crippen molar-refractivity contribution in [3.05, 3.63) is 41.5 Å². The molecule has 0 spiro atoms. The summed E-state index contributed by atoms with van der Waals surface area (Å²) in [5.41, 5.74) is 1.34. The average Bonchev–Trinajstić information content (AvgIpc) is 3.26. The van der Waals surface area contributed by atoms with Gasteiger partial charge in [-0.3, -0.25) is 14.3 Å². The molecule has 0 unspecified atom stereocenters. The number of rotatable bonds is 3. The Bertz CT molecular complexity index is 821. The Labute approximate surface area is 143 Å². The molecule has 2 aliphatic heterocycles. The minimum atomic E-state index is -0.600. The summed E-state index contributed by atoms with van der Waals surface area (Å²) in [6, 6.07) is 2.81. The third-order valence-electron chi connectivity index (χ3n) is 4.83. The number of nitrogens with one attached hydrogen (secondary N) is 1. The molecule has 2 amide bonds. The van der Waals surface area contributed by atoms with Crippen LogP contribution in [-0.4, -0.2) is 44.3 Å². The van der Waals surface area contributed by atoms with Crippen molar-refractivity contribution in [3.8, 4) is 0 Å². The molecule has 1 aromatic heterocycles. The standard InChI is InChI=1S/C17H18FN5O2/c18-14-9-15-11(3-4-16(24)20-15)8-13(14)17(25)23-6-1-2-12(23)10-22-7-5-19-21-22/h5,7-9,12H,1-4,6,10H2,(H,20,24)/t12-/m0/s1. The molecule has 0 saturated carbocycles. The van der Waals surface area contributed by atoms with Gasteiger partial charge in [0.25, 0.3) is 5.91 Å². The maximum Gasteiger partial charge on any atom is 0.257 e. The van der Waals surface area contributed by atoms with Gasteiger partial charge in [0.05, 0.1) is 24.3 Å². The van der Waals surface area contributed by atoms with E-state index in [2.05, 4.69) is 15.6 Å². The zero-order valence-electron chi connectivity index (χ0n) is 13.6. The van der Waals surface area contributed by atoms with Crippen LogP contribution in [0.5, 0.6) is 0 Å². The highest BCUT2D eigenvalue weighted by molar-refractivity contribution is 5.98. The van der Waals surface area contributed by atoms with Gasteiger partial charge in [0.1, 0.15) is 5.82 Å². The van der Waals surface area contributed by atoms with Crippen LogP contribution in [0.4, 0.5) is 10.1 Å². The highest BCUT2D eigenvalue weighted by Gasteiger charge is 2.32. The first kappa shape index (κ1) is 15.7. The molecule has 0 bridgehead atoms. The monoisotopic (exact) mass is 343 g/mol. The molecular formula is C17H18FN5O2. The zero-order chi connectivity index (χ0) is 17.4. The van der Waals surface area contributed by atoms with E-state index < -0.39 is 5.82 Å². The lowest BCUT2D eigenvalue weighted by Crippen LogP contribution is -2.38. The van der Waals surface area contributed by atoms with Crippen molar-refractivity contribution in [2.45, 2.75) is 38.3 Å². The normalized spacial score (nSPS) is 19.6. The number of benzene rings is 1. The Kier molecular flexibility index (Phi) is 3.95. The quantitative estimate of drug-likeness (QED) is 0.918. The molecular weight excluding hydrogens is 325 g/mol. The van der Waals surface area contributed by atoms with Gasteiger partial charge < -0.3 is 10.2 Å². The molecule has 130 valence electrons. The number of likely N-dealkylation sites (tertiary alicyclic amines) is 1. The molecule has 2 aliphatic rings. The number of nitrogens with zero attached hydrogens (tertiary/aromatic N) is 4. The van der Waals surface area contributed by atoms with Gasteiger partial charge in [0.15, 0.2) is 0 Å². The molecule has 25 heavy (non-hydrogen) atoms. The highest BCUT2D eigenvalue weighted by Crippen LogP contribution is 2.28. The number of amides is 2. The first-order chi connectivity index (χ1) is 12.1. The van der Waals surface area contributed by atoms with Gasteiger partial charge in [0.2, 0.25) is 5.91 Å². The van der Waals surface area contributed by atoms with E-state index in [0.29, 0.717) is 31.6 Å². The topological polar surface area (TPSA) is 80.1 Å². The van der Waals surface area contributed by atoms with Crippen molar-refractivity contribution in [2.24, 2.45) is 0 Å². The van der Waals surface area contributed by atoms with Crippen LogP contribution in [0, 0.1) is 5.82 Å². The summed E-state index contributed by atoms with van der Waals surface area (Å²) < 4.78 is 16.2. The average molecular weight is 343 g/mol. The van der Waals surface area contributed by atoms with Gasteiger partial charge in [-0.05, 0) is 37.0 Å². The van der Waals surface area contributed by atoms with Crippen molar-refractivity contribution in [3.63, 3.8) is 0 Å². The second-order valence-corrected chi connectivity index (χ2v) is 6.46. The SMILES string of the molecule is O=C1CCc2cc(C(=O)N3CCC[C@H]3Cn3ccnn3)c(F)cc2N1. The molecule has 1 fully saturated rings. The molecule has 2 aromatic rings. The van der Waals surface area contributed by atoms with E-state index in [1.807, 2.05) is 0 Å². The van der Waals surface area contributed by atoms with Crippen LogP contribution in [-0.2, 0) is 17.8 Å². The van der Waals surface area contributed by atoms with E-state index in [4.69, 9.17) is 0 Å². The molecule has 0 aliphatic carbocycles. The highest BCUT2D eigenvalue weighted by atomic mass is 19.1. The minimum Gasteiger partial charge on any atom is -0.334 e. The second kappa shape index (κ2) is 6.27. The molecule has 0 radical (unpaired) electrons. The van der Waals surface area contributed by atoms with Gasteiger partial charge >= 0.3 is 0 Å². The van der Waals surface area contributed by atoms with Crippen molar-refractivity contribution in [1.82, 2.24) is 19.9 Å². The second-order valence-electron chi connectivity index (χ2n) is 6.46. The number of carbonyl (C=O) groups is 2. The van der Waals surface area contributed by atoms with Crippen molar-refractivity contribution < 1.29 is 14.0 Å². The smallest absolute Gasteiger partial charge is 0.257 e. The number of anilines is 1. The van der Waals surface area contributed by atoms with E-state index in [9.17, 15) is 14.0 Å². The molecule has 1 N–H and O–H groups in total. The van der Waals surface area contributed by atoms with Gasteiger partial charge in [-0.15, -0.1) is 5.10 Å². The van der Waals surface area contributed by atoms with Crippen molar-refractivity contribution in [2.75, 3.05) is 11.9 Å². The predicted molar refractivity (Wildman–Crippen MR) is 87.4 cm³/mol. The van der Waals surface area contributed by atoms with Crippen molar-refractivity contribution in [1.29, 1.82) is 0 Å². The summed E-state index contributed by atoms with van der Waals surface area (Å²) in [6.45, 7) is 1.15. The number of fused-ring (bicyclic) bond motifs is 1. The Balaban J connectivity index is 1.58. The number of hydrogen-bond donors (Lipinski definition) is 1. The van der Waals surface area contributed by atoms with Crippen LogP contribution in [0.15, 0.2) is 24.5 Å². The number of hydrogen-bond acceptors (Lipinski definition) is 4. The summed E-state index contributed by atoms with van der Waals surface area (Å²) in [5.74, 6) is -1.03. The Morgan fingerprint density at radius 3 is 3.04 bits per heavy atom. The molecule has 3 heterocycles. The summed E-state index contributed by atoms with van der Waals surface area (Å²) in [5, 5.41) is 10.4. The maximum atomic E-state index is 14.5. The lowest BCUT2D eigenvalue weighted by atomic mass is 9.99. The minimum absolute atomic E-state index is 0.0238. The number of halogens is 1. The van der Waals surface area contributed by atoms with E-state index in [1.54, 1.807) is 28.0 Å². The predicted octanol–water partition coefficient (Wildman–Crippen LogP) is 1.61. The number of carbonyl (C=O) groups excluding carboxylic acids is 2. The molecule has 4 rings (SSSR count). The van der Waals surface area contributed by atoms with Gasteiger partial charge in [-0.1, -0.05) is 5.21 Å². The summed E-state index contributed by atoms with van der Waals surface area (Å²) in [4.78, 5) is 26.1. The summed E-state index contributed by atoms with van der Waals surface area (Å²) >= 11 is 0. The third kappa shape index (κ3) is 2.99. The third-order valence-corrected chi connectivity index (χ3v) is 4.83. The Morgan fingerprint density at radius 1 is 1.36 bits per heavy atom. The largest absolute Gasteiger partial charge is 0.334 e. The fourth-order valence-electron chi connectivity index (χ4n) is 3.56. The van der Waals surface area contributed by atoms with Crippen LogP contribution in [0.2, 0.25) is 0 Å². The van der Waals surface area contributed by atoms with Crippen LogP contribution in [0.25, 0.3) is 0 Å². The van der Waals surface area contributed by atoms with E-state index in [0.717, 1.165) is 18.4 Å². The van der Waals surface area contributed by atoms with Gasteiger partial charge in [-0.25, -0.2) is 4.39 Å². The molecule has 8 heteroatoms. The summed E-state index contributed by atoms with van der Waals surface area (Å²) in [7, 11) is 0. The van der Waals surface area contributed by atoms with Crippen molar-refractivity contribution >= 4 is 17.5 Å². The van der Waals surface area contributed by atoms with Crippen LogP contribution >= 0.6 is 0 Å². The lowest BCUT2D eigenvalue weighted by Gasteiger charge is -2.26. The van der Waals surface area contributed by atoms with Crippen LogP contribution in [0.1, 0.15) is 35.2 Å². The van der Waals surface area contributed by atoms with E-state index in [-0.39, 0.29) is 23.4 Å². The lowest BCUT2D eigenvalue weighted by molar-refractivity contribution is -0.116. The Morgan fingerprint density at radius 2 is 2.24 bits per heavy atom. The zero-order valence-corrected chi connectivity index (χ0v) is 13.6. The molecule has 1 aromatic carbocycles. The first-order valence-corrected chi connectivity index (χ1v) is 8.39. The molecule has 7 nitrogen and oxygen atoms in total. The fourth-order valence-corrected chi connectivity index (χ4v) is 3.56. The Hall–Kier alpha value is -2.77. The van der Waals surface area contributed by atoms with Gasteiger partial charge in [-0.2, -0.15) is 0 Å². The number of aryl methyl sites for hydroxylation is 1. The van der Waals surface area contributed by atoms with Gasteiger partial charge in [0, 0.05) is 24.8 Å².